The third-order valence-electron chi connectivity index (χ3n) is 4.33. The summed E-state index contributed by atoms with van der Waals surface area (Å²) in [7, 11) is 2.06. The number of ether oxygens (including phenoxy) is 1. The van der Waals surface area contributed by atoms with Gasteiger partial charge in [-0.25, -0.2) is 0 Å². The summed E-state index contributed by atoms with van der Waals surface area (Å²) < 4.78 is 6.01. The number of hydrogen-bond donors (Lipinski definition) is 1. The molecule has 2 nitrogen and oxygen atoms in total. The van der Waals surface area contributed by atoms with Gasteiger partial charge in [-0.05, 0) is 38.1 Å². The largest absolute Gasteiger partial charge is 0.378 e. The molecule has 2 fully saturated rings. The molecule has 1 aliphatic carbocycles. The average molecular weight is 225 g/mol. The van der Waals surface area contributed by atoms with Crippen molar-refractivity contribution in [2.75, 3.05) is 20.2 Å². The van der Waals surface area contributed by atoms with Gasteiger partial charge < -0.3 is 10.1 Å². The van der Waals surface area contributed by atoms with Crippen LogP contribution in [0.25, 0.3) is 0 Å². The third kappa shape index (κ3) is 3.46. The van der Waals surface area contributed by atoms with Crippen LogP contribution in [0.3, 0.4) is 0 Å². The van der Waals surface area contributed by atoms with Gasteiger partial charge in [0.05, 0.1) is 6.10 Å². The quantitative estimate of drug-likeness (QED) is 0.794. The Labute approximate surface area is 100 Å². The minimum Gasteiger partial charge on any atom is -0.378 e. The predicted molar refractivity (Wildman–Crippen MR) is 67.6 cm³/mol. The molecule has 0 bridgehead atoms. The molecule has 2 aliphatic rings. The minimum absolute atomic E-state index is 0.546. The van der Waals surface area contributed by atoms with Crippen LogP contribution in [0.1, 0.15) is 51.4 Å². The topological polar surface area (TPSA) is 21.3 Å². The van der Waals surface area contributed by atoms with Crippen molar-refractivity contribution >= 4 is 0 Å². The van der Waals surface area contributed by atoms with E-state index >= 15 is 0 Å². The maximum Gasteiger partial charge on any atom is 0.0618 e. The van der Waals surface area contributed by atoms with Crippen molar-refractivity contribution in [1.82, 2.24) is 5.32 Å². The fourth-order valence-corrected chi connectivity index (χ4v) is 3.41. The van der Waals surface area contributed by atoms with E-state index in [2.05, 4.69) is 12.4 Å². The van der Waals surface area contributed by atoms with E-state index in [-0.39, 0.29) is 0 Å². The van der Waals surface area contributed by atoms with Gasteiger partial charge in [0.15, 0.2) is 0 Å². The number of nitrogens with one attached hydrogen (secondary N) is 1. The molecule has 1 N–H and O–H groups in total. The summed E-state index contributed by atoms with van der Waals surface area (Å²) in [6, 6.07) is 0. The minimum atomic E-state index is 0.546. The van der Waals surface area contributed by atoms with Gasteiger partial charge in [0, 0.05) is 13.2 Å². The lowest BCUT2D eigenvalue weighted by atomic mass is 9.81. The summed E-state index contributed by atoms with van der Waals surface area (Å²) in [6.07, 6.45) is 11.8. The molecular weight excluding hydrogens is 198 g/mol. The van der Waals surface area contributed by atoms with E-state index < -0.39 is 0 Å². The second-order valence-electron chi connectivity index (χ2n) is 5.61. The first-order valence-electron chi connectivity index (χ1n) is 7.16. The summed E-state index contributed by atoms with van der Waals surface area (Å²) in [5.41, 5.74) is 0. The lowest BCUT2D eigenvalue weighted by Gasteiger charge is -2.35. The van der Waals surface area contributed by atoms with Crippen LogP contribution in [0.2, 0.25) is 0 Å². The zero-order valence-electron chi connectivity index (χ0n) is 10.7. The van der Waals surface area contributed by atoms with Gasteiger partial charge in [-0.3, -0.25) is 0 Å². The molecular formula is C14H27NO. The summed E-state index contributed by atoms with van der Waals surface area (Å²) in [6.45, 7) is 2.13. The van der Waals surface area contributed by atoms with Crippen LogP contribution in [0, 0.1) is 11.8 Å². The average Bonchev–Trinajstić information content (AvgIpc) is 2.33. The first-order chi connectivity index (χ1) is 7.90. The fraction of sp³-hybridized carbons (Fsp3) is 1.00. The van der Waals surface area contributed by atoms with Crippen LogP contribution in [-0.2, 0) is 4.74 Å². The van der Waals surface area contributed by atoms with Crippen LogP contribution in [-0.4, -0.2) is 26.3 Å². The lowest BCUT2D eigenvalue weighted by molar-refractivity contribution is -0.0406. The molecule has 0 aromatic rings. The predicted octanol–water partition coefficient (Wildman–Crippen LogP) is 2.97. The first kappa shape index (κ1) is 12.4. The molecule has 1 aliphatic heterocycles. The monoisotopic (exact) mass is 225 g/mol. The molecule has 1 heterocycles. The van der Waals surface area contributed by atoms with E-state index in [0.717, 1.165) is 25.0 Å². The highest BCUT2D eigenvalue weighted by Gasteiger charge is 2.28. The number of hydrogen-bond acceptors (Lipinski definition) is 2. The van der Waals surface area contributed by atoms with Crippen molar-refractivity contribution in [3.8, 4) is 0 Å². The van der Waals surface area contributed by atoms with Crippen LogP contribution < -0.4 is 5.32 Å². The van der Waals surface area contributed by atoms with E-state index in [1.54, 1.807) is 0 Å². The fourth-order valence-electron chi connectivity index (χ4n) is 3.41. The van der Waals surface area contributed by atoms with E-state index in [4.69, 9.17) is 4.74 Å². The molecule has 0 aromatic heterocycles. The Morgan fingerprint density at radius 2 is 1.88 bits per heavy atom. The summed E-state index contributed by atoms with van der Waals surface area (Å²) in [4.78, 5) is 0. The Balaban J connectivity index is 1.80. The molecule has 2 unspecified atom stereocenters. The molecule has 2 heteroatoms. The Bertz CT molecular complexity index is 187. The zero-order valence-corrected chi connectivity index (χ0v) is 10.7. The summed E-state index contributed by atoms with van der Waals surface area (Å²) >= 11 is 0. The van der Waals surface area contributed by atoms with Gasteiger partial charge in [0.1, 0.15) is 0 Å². The van der Waals surface area contributed by atoms with Crippen LogP contribution in [0.4, 0.5) is 0 Å². The van der Waals surface area contributed by atoms with Crippen molar-refractivity contribution in [3.05, 3.63) is 0 Å². The maximum atomic E-state index is 6.01. The molecule has 0 aromatic carbocycles. The normalized spacial score (nSPS) is 32.8. The standard InChI is InChI=1S/C14H27NO/c1-15-11-13-8-5-9-16-14(13)10-12-6-3-2-4-7-12/h12-15H,2-11H2,1H3. The molecule has 1 saturated carbocycles. The van der Waals surface area contributed by atoms with Crippen molar-refractivity contribution in [2.24, 2.45) is 11.8 Å². The smallest absolute Gasteiger partial charge is 0.0618 e. The van der Waals surface area contributed by atoms with Gasteiger partial charge in [-0.1, -0.05) is 32.1 Å². The number of rotatable bonds is 4. The van der Waals surface area contributed by atoms with E-state index in [0.29, 0.717) is 6.10 Å². The van der Waals surface area contributed by atoms with Gasteiger partial charge in [-0.2, -0.15) is 0 Å². The first-order valence-corrected chi connectivity index (χ1v) is 7.16. The van der Waals surface area contributed by atoms with Gasteiger partial charge in [0.2, 0.25) is 0 Å². The third-order valence-corrected chi connectivity index (χ3v) is 4.33. The maximum absolute atomic E-state index is 6.01. The van der Waals surface area contributed by atoms with Crippen LogP contribution in [0.15, 0.2) is 0 Å². The van der Waals surface area contributed by atoms with Crippen molar-refractivity contribution in [2.45, 2.75) is 57.5 Å². The highest BCUT2D eigenvalue weighted by molar-refractivity contribution is 4.80. The van der Waals surface area contributed by atoms with Crippen molar-refractivity contribution in [1.29, 1.82) is 0 Å². The molecule has 2 atom stereocenters. The van der Waals surface area contributed by atoms with Gasteiger partial charge in [-0.15, -0.1) is 0 Å². The molecule has 16 heavy (non-hydrogen) atoms. The van der Waals surface area contributed by atoms with Crippen molar-refractivity contribution < 1.29 is 4.74 Å². The Hall–Kier alpha value is -0.0800. The highest BCUT2D eigenvalue weighted by atomic mass is 16.5. The molecule has 1 saturated heterocycles. The van der Waals surface area contributed by atoms with E-state index in [9.17, 15) is 0 Å². The molecule has 94 valence electrons. The van der Waals surface area contributed by atoms with Crippen molar-refractivity contribution in [3.63, 3.8) is 0 Å². The summed E-state index contributed by atoms with van der Waals surface area (Å²) in [5, 5.41) is 3.32. The Morgan fingerprint density at radius 3 is 2.62 bits per heavy atom. The molecule has 0 spiro atoms. The van der Waals surface area contributed by atoms with Crippen LogP contribution in [0.5, 0.6) is 0 Å². The van der Waals surface area contributed by atoms with Gasteiger partial charge >= 0.3 is 0 Å². The lowest BCUT2D eigenvalue weighted by Crippen LogP contribution is -2.37. The van der Waals surface area contributed by atoms with Crippen LogP contribution >= 0.6 is 0 Å². The second-order valence-corrected chi connectivity index (χ2v) is 5.61. The van der Waals surface area contributed by atoms with Gasteiger partial charge in [0.25, 0.3) is 0 Å². The Kier molecular flexibility index (Phi) is 5.11. The Morgan fingerprint density at radius 1 is 1.06 bits per heavy atom. The zero-order chi connectivity index (χ0) is 11.2. The molecule has 0 radical (unpaired) electrons. The van der Waals surface area contributed by atoms with E-state index in [1.807, 2.05) is 0 Å². The molecule has 2 rings (SSSR count). The highest BCUT2D eigenvalue weighted by Crippen LogP contribution is 2.32. The molecule has 0 amide bonds. The summed E-state index contributed by atoms with van der Waals surface area (Å²) in [5.74, 6) is 1.72. The second kappa shape index (κ2) is 6.61. The van der Waals surface area contributed by atoms with E-state index in [1.165, 1.54) is 51.4 Å². The SMILES string of the molecule is CNCC1CCCOC1CC1CCCCC1.